The minimum atomic E-state index is -0.824. The second kappa shape index (κ2) is 8.38. The van der Waals surface area contributed by atoms with Crippen LogP contribution in [-0.2, 0) is 14.3 Å². The molecule has 7 nitrogen and oxygen atoms in total. The number of methoxy groups -OCH3 is 1. The number of ether oxygens (including phenoxy) is 3. The summed E-state index contributed by atoms with van der Waals surface area (Å²) in [6, 6.07) is 7.47. The third-order valence-electron chi connectivity index (χ3n) is 4.08. The monoisotopic (exact) mass is 346 g/mol. The van der Waals surface area contributed by atoms with Crippen LogP contribution >= 0.6 is 0 Å². The molecule has 1 amide bonds. The van der Waals surface area contributed by atoms with Gasteiger partial charge in [-0.15, -0.1) is 0 Å². The average Bonchev–Trinajstić information content (AvgIpc) is 3.07. The summed E-state index contributed by atoms with van der Waals surface area (Å²) in [5.41, 5.74) is 0.177. The summed E-state index contributed by atoms with van der Waals surface area (Å²) < 4.78 is 15.4. The molecule has 2 rings (SSSR count). The highest BCUT2D eigenvalue weighted by Gasteiger charge is 2.35. The van der Waals surface area contributed by atoms with E-state index in [1.165, 1.54) is 7.11 Å². The highest BCUT2D eigenvalue weighted by molar-refractivity contribution is 5.81. The van der Waals surface area contributed by atoms with Crippen LogP contribution in [0.2, 0.25) is 0 Å². The summed E-state index contributed by atoms with van der Waals surface area (Å²) in [7, 11) is 1.51. The van der Waals surface area contributed by atoms with E-state index < -0.39 is 24.0 Å². The molecule has 1 N–H and O–H groups in total. The van der Waals surface area contributed by atoms with Gasteiger partial charge in [-0.25, -0.2) is 4.79 Å². The van der Waals surface area contributed by atoms with Gasteiger partial charge in [-0.05, 0) is 50.3 Å². The summed E-state index contributed by atoms with van der Waals surface area (Å²) in [5.74, 6) is -0.216. The van der Waals surface area contributed by atoms with Crippen molar-refractivity contribution in [1.29, 1.82) is 5.26 Å². The van der Waals surface area contributed by atoms with Gasteiger partial charge < -0.3 is 19.5 Å². The Balaban J connectivity index is 1.77. The maximum absolute atomic E-state index is 11.9. The molecule has 0 radical (unpaired) electrons. The lowest BCUT2D eigenvalue weighted by atomic mass is 10.00. The Hall–Kier alpha value is -2.75. The Morgan fingerprint density at radius 2 is 1.96 bits per heavy atom. The molecule has 25 heavy (non-hydrogen) atoms. The molecule has 1 aromatic carbocycles. The standard InChI is InChI=1S/C18H22N2O5/c1-13-5-6-14(15(9-13)23-2)24-11-17(22)25-10-16(21)20-18(12-19)7-3-4-8-18/h5-6,9H,3-4,7-8,10-11H2,1-2H3,(H,20,21). The predicted molar refractivity (Wildman–Crippen MR) is 89.1 cm³/mol. The predicted octanol–water partition coefficient (Wildman–Crippen LogP) is 1.88. The lowest BCUT2D eigenvalue weighted by molar-refractivity contribution is -0.150. The SMILES string of the molecule is COc1cc(C)ccc1OCC(=O)OCC(=O)NC1(C#N)CCCC1. The maximum Gasteiger partial charge on any atom is 0.344 e. The zero-order valence-electron chi connectivity index (χ0n) is 14.5. The van der Waals surface area contributed by atoms with E-state index in [2.05, 4.69) is 11.4 Å². The van der Waals surface area contributed by atoms with Gasteiger partial charge in [0.1, 0.15) is 5.54 Å². The third-order valence-corrected chi connectivity index (χ3v) is 4.08. The molecule has 7 heteroatoms. The zero-order chi connectivity index (χ0) is 18.3. The number of amides is 1. The quantitative estimate of drug-likeness (QED) is 0.757. The number of carbonyl (C=O) groups is 2. The summed E-state index contributed by atoms with van der Waals surface area (Å²) in [6.07, 6.45) is 3.05. The maximum atomic E-state index is 11.9. The molecule has 1 saturated carbocycles. The molecule has 1 fully saturated rings. The van der Waals surface area contributed by atoms with Gasteiger partial charge in [-0.1, -0.05) is 6.07 Å². The number of hydrogen-bond acceptors (Lipinski definition) is 6. The normalized spacial score (nSPS) is 15.1. The smallest absolute Gasteiger partial charge is 0.344 e. The van der Waals surface area contributed by atoms with E-state index >= 15 is 0 Å². The molecule has 0 saturated heterocycles. The Kier molecular flexibility index (Phi) is 6.23. The van der Waals surface area contributed by atoms with Gasteiger partial charge in [0.25, 0.3) is 5.91 Å². The zero-order valence-corrected chi connectivity index (χ0v) is 14.5. The highest BCUT2D eigenvalue weighted by Crippen LogP contribution is 2.29. The minimum absolute atomic E-state index is 0.337. The first-order valence-electron chi connectivity index (χ1n) is 8.13. The average molecular weight is 346 g/mol. The van der Waals surface area contributed by atoms with Crippen molar-refractivity contribution in [2.24, 2.45) is 0 Å². The van der Waals surface area contributed by atoms with E-state index in [1.807, 2.05) is 13.0 Å². The molecule has 0 spiro atoms. The van der Waals surface area contributed by atoms with Crippen molar-refractivity contribution in [2.45, 2.75) is 38.1 Å². The Labute approximate surface area is 146 Å². The molecule has 0 aliphatic heterocycles. The molecule has 1 aromatic rings. The second-order valence-electron chi connectivity index (χ2n) is 6.05. The summed E-state index contributed by atoms with van der Waals surface area (Å²) in [6.45, 7) is 1.14. The van der Waals surface area contributed by atoms with Crippen LogP contribution in [0.5, 0.6) is 11.5 Å². The molecular formula is C18H22N2O5. The number of esters is 1. The molecule has 134 valence electrons. The highest BCUT2D eigenvalue weighted by atomic mass is 16.6. The number of hydrogen-bond donors (Lipinski definition) is 1. The topological polar surface area (TPSA) is 97.7 Å². The van der Waals surface area contributed by atoms with E-state index in [4.69, 9.17) is 14.2 Å². The van der Waals surface area contributed by atoms with Crippen LogP contribution in [0, 0.1) is 18.3 Å². The van der Waals surface area contributed by atoms with Crippen molar-refractivity contribution in [1.82, 2.24) is 5.32 Å². The first-order chi connectivity index (χ1) is 12.0. The van der Waals surface area contributed by atoms with E-state index in [0.29, 0.717) is 24.3 Å². The van der Waals surface area contributed by atoms with Crippen molar-refractivity contribution < 1.29 is 23.8 Å². The molecule has 0 aromatic heterocycles. The van der Waals surface area contributed by atoms with Crippen molar-refractivity contribution in [2.75, 3.05) is 20.3 Å². The van der Waals surface area contributed by atoms with Crippen LogP contribution in [0.1, 0.15) is 31.2 Å². The van der Waals surface area contributed by atoms with E-state index in [0.717, 1.165) is 18.4 Å². The molecule has 1 aliphatic rings. The molecule has 0 unspecified atom stereocenters. The van der Waals surface area contributed by atoms with Crippen LogP contribution in [0.25, 0.3) is 0 Å². The number of rotatable bonds is 7. The first-order valence-corrected chi connectivity index (χ1v) is 8.13. The summed E-state index contributed by atoms with van der Waals surface area (Å²) in [4.78, 5) is 23.6. The Morgan fingerprint density at radius 3 is 2.60 bits per heavy atom. The van der Waals surface area contributed by atoms with E-state index in [9.17, 15) is 14.9 Å². The second-order valence-corrected chi connectivity index (χ2v) is 6.05. The molecule has 0 atom stereocenters. The lowest BCUT2D eigenvalue weighted by Crippen LogP contribution is -2.46. The van der Waals surface area contributed by atoms with Gasteiger partial charge in [-0.2, -0.15) is 5.26 Å². The fourth-order valence-corrected chi connectivity index (χ4v) is 2.76. The Bertz CT molecular complexity index is 675. The van der Waals surface area contributed by atoms with Crippen LogP contribution < -0.4 is 14.8 Å². The molecular weight excluding hydrogens is 324 g/mol. The lowest BCUT2D eigenvalue weighted by Gasteiger charge is -2.21. The fraction of sp³-hybridized carbons (Fsp3) is 0.500. The summed E-state index contributed by atoms with van der Waals surface area (Å²) >= 11 is 0. The van der Waals surface area contributed by atoms with Gasteiger partial charge in [0.05, 0.1) is 13.2 Å². The first kappa shape index (κ1) is 18.6. The van der Waals surface area contributed by atoms with Crippen molar-refractivity contribution in [3.05, 3.63) is 23.8 Å². The fourth-order valence-electron chi connectivity index (χ4n) is 2.76. The Morgan fingerprint density at radius 1 is 1.24 bits per heavy atom. The van der Waals surface area contributed by atoms with Crippen LogP contribution in [0.3, 0.4) is 0 Å². The number of nitrogens with one attached hydrogen (secondary N) is 1. The number of carbonyl (C=O) groups excluding carboxylic acids is 2. The van der Waals surface area contributed by atoms with E-state index in [-0.39, 0.29) is 6.61 Å². The summed E-state index contributed by atoms with van der Waals surface area (Å²) in [5, 5.41) is 11.9. The van der Waals surface area contributed by atoms with E-state index in [1.54, 1.807) is 12.1 Å². The van der Waals surface area contributed by atoms with Crippen molar-refractivity contribution >= 4 is 11.9 Å². The van der Waals surface area contributed by atoms with Gasteiger partial charge >= 0.3 is 5.97 Å². The van der Waals surface area contributed by atoms with Crippen molar-refractivity contribution in [3.8, 4) is 17.6 Å². The number of nitriles is 1. The number of nitrogens with zero attached hydrogens (tertiary/aromatic N) is 1. The molecule has 0 bridgehead atoms. The number of benzene rings is 1. The third kappa shape index (κ3) is 5.11. The van der Waals surface area contributed by atoms with Gasteiger partial charge in [0, 0.05) is 0 Å². The molecule has 0 heterocycles. The minimum Gasteiger partial charge on any atom is -0.493 e. The largest absolute Gasteiger partial charge is 0.493 e. The van der Waals surface area contributed by atoms with Gasteiger partial charge in [0.2, 0.25) is 0 Å². The molecule has 1 aliphatic carbocycles. The van der Waals surface area contributed by atoms with Crippen LogP contribution in [0.4, 0.5) is 0 Å². The van der Waals surface area contributed by atoms with Crippen LogP contribution in [-0.4, -0.2) is 37.7 Å². The van der Waals surface area contributed by atoms with Gasteiger partial charge in [-0.3, -0.25) is 4.79 Å². The van der Waals surface area contributed by atoms with Gasteiger partial charge in [0.15, 0.2) is 24.7 Å². The van der Waals surface area contributed by atoms with Crippen LogP contribution in [0.15, 0.2) is 18.2 Å². The number of aryl methyl sites for hydroxylation is 1. The van der Waals surface area contributed by atoms with Crippen molar-refractivity contribution in [3.63, 3.8) is 0 Å².